The van der Waals surface area contributed by atoms with E-state index in [2.05, 4.69) is 27.1 Å². The fourth-order valence-corrected chi connectivity index (χ4v) is 4.19. The summed E-state index contributed by atoms with van der Waals surface area (Å²) in [4.78, 5) is 23.4. The molecule has 148 valence electrons. The highest BCUT2D eigenvalue weighted by molar-refractivity contribution is 7.18. The maximum atomic E-state index is 12.3. The number of hydrogen-bond acceptors (Lipinski definition) is 7. The third-order valence-electron chi connectivity index (χ3n) is 4.93. The fraction of sp³-hybridized carbons (Fsp3) is 0.450. The number of amides is 1. The summed E-state index contributed by atoms with van der Waals surface area (Å²) in [5.41, 5.74) is 1.19. The number of fused-ring (bicyclic) bond motifs is 1. The lowest BCUT2D eigenvalue weighted by atomic mass is 10.3. The smallest absolute Gasteiger partial charge is 0.273 e. The van der Waals surface area contributed by atoms with E-state index in [0.29, 0.717) is 24.2 Å². The molecule has 0 spiro atoms. The molecular weight excluding hydrogens is 376 g/mol. The second-order valence-corrected chi connectivity index (χ2v) is 8.31. The number of thiazole rings is 1. The molecule has 1 N–H and O–H groups in total. The first-order valence-electron chi connectivity index (χ1n) is 9.55. The first kappa shape index (κ1) is 18.9. The van der Waals surface area contributed by atoms with E-state index in [1.165, 1.54) is 19.1 Å². The Morgan fingerprint density at radius 1 is 1.36 bits per heavy atom. The molecule has 0 saturated carbocycles. The van der Waals surface area contributed by atoms with Crippen molar-refractivity contribution in [3.8, 4) is 5.75 Å². The summed E-state index contributed by atoms with van der Waals surface area (Å²) in [6.45, 7) is 7.09. The molecule has 0 unspecified atom stereocenters. The van der Waals surface area contributed by atoms with Crippen LogP contribution in [-0.2, 0) is 6.61 Å². The van der Waals surface area contributed by atoms with Gasteiger partial charge in [0.15, 0.2) is 12.3 Å². The molecule has 0 bridgehead atoms. The second kappa shape index (κ2) is 8.28. The summed E-state index contributed by atoms with van der Waals surface area (Å²) in [5, 5.41) is 3.96. The Kier molecular flexibility index (Phi) is 5.59. The van der Waals surface area contributed by atoms with Crippen LogP contribution in [0.25, 0.3) is 10.2 Å². The van der Waals surface area contributed by atoms with E-state index in [9.17, 15) is 4.79 Å². The molecule has 1 fully saturated rings. The lowest BCUT2D eigenvalue weighted by Crippen LogP contribution is -2.40. The summed E-state index contributed by atoms with van der Waals surface area (Å²) in [5.74, 6) is 0.842. The number of carbonyl (C=O) groups excluding carboxylic acids is 1. The van der Waals surface area contributed by atoms with Gasteiger partial charge in [0.25, 0.3) is 5.91 Å². The van der Waals surface area contributed by atoms with Crippen molar-refractivity contribution in [2.24, 2.45) is 0 Å². The van der Waals surface area contributed by atoms with Crippen molar-refractivity contribution in [1.29, 1.82) is 0 Å². The van der Waals surface area contributed by atoms with Gasteiger partial charge in [-0.3, -0.25) is 9.69 Å². The van der Waals surface area contributed by atoms with Gasteiger partial charge in [-0.1, -0.05) is 0 Å². The van der Waals surface area contributed by atoms with Crippen molar-refractivity contribution in [1.82, 2.24) is 20.2 Å². The number of likely N-dealkylation sites (tertiary alicyclic amines) is 1. The standard InChI is InChI=1S/C20H24N4O3S/c1-13(24-7-3-4-8-24)10-21-20(25)17-11-27-19(23-17)12-26-15-5-6-18-16(9-15)22-14(2)28-18/h5-6,9,11,13H,3-4,7-8,10,12H2,1-2H3,(H,21,25)/t13-/m1/s1. The van der Waals surface area contributed by atoms with Crippen LogP contribution in [0.1, 0.15) is 41.2 Å². The van der Waals surface area contributed by atoms with Gasteiger partial charge in [0.1, 0.15) is 12.0 Å². The molecular formula is C20H24N4O3S. The highest BCUT2D eigenvalue weighted by Gasteiger charge is 2.19. The summed E-state index contributed by atoms with van der Waals surface area (Å²) >= 11 is 1.65. The van der Waals surface area contributed by atoms with Crippen molar-refractivity contribution in [3.63, 3.8) is 0 Å². The topological polar surface area (TPSA) is 80.5 Å². The Morgan fingerprint density at radius 2 is 2.18 bits per heavy atom. The zero-order valence-electron chi connectivity index (χ0n) is 16.1. The minimum atomic E-state index is -0.222. The van der Waals surface area contributed by atoms with E-state index in [1.54, 1.807) is 11.3 Å². The van der Waals surface area contributed by atoms with Gasteiger partial charge in [0.2, 0.25) is 5.89 Å². The number of nitrogens with one attached hydrogen (secondary N) is 1. The average molecular weight is 401 g/mol. The minimum absolute atomic E-state index is 0.159. The highest BCUT2D eigenvalue weighted by atomic mass is 32.1. The zero-order chi connectivity index (χ0) is 19.5. The molecule has 1 amide bonds. The maximum Gasteiger partial charge on any atom is 0.273 e. The van der Waals surface area contributed by atoms with Crippen LogP contribution in [0.2, 0.25) is 0 Å². The van der Waals surface area contributed by atoms with E-state index < -0.39 is 0 Å². The van der Waals surface area contributed by atoms with Crippen LogP contribution < -0.4 is 10.1 Å². The fourth-order valence-electron chi connectivity index (χ4n) is 3.38. The predicted molar refractivity (Wildman–Crippen MR) is 108 cm³/mol. The van der Waals surface area contributed by atoms with Crippen LogP contribution in [0.4, 0.5) is 0 Å². The molecule has 3 heterocycles. The van der Waals surface area contributed by atoms with Gasteiger partial charge in [0.05, 0.1) is 15.2 Å². The van der Waals surface area contributed by atoms with Crippen LogP contribution in [0, 0.1) is 6.92 Å². The third-order valence-corrected chi connectivity index (χ3v) is 5.89. The number of benzene rings is 1. The molecule has 0 aliphatic carbocycles. The molecule has 4 rings (SSSR count). The van der Waals surface area contributed by atoms with Gasteiger partial charge in [-0.15, -0.1) is 11.3 Å². The average Bonchev–Trinajstić information content (AvgIpc) is 3.43. The number of hydrogen-bond donors (Lipinski definition) is 1. The van der Waals surface area contributed by atoms with Crippen LogP contribution in [0.15, 0.2) is 28.9 Å². The lowest BCUT2D eigenvalue weighted by molar-refractivity contribution is 0.0935. The highest BCUT2D eigenvalue weighted by Crippen LogP contribution is 2.26. The van der Waals surface area contributed by atoms with Crippen molar-refractivity contribution in [3.05, 3.63) is 41.1 Å². The molecule has 1 atom stereocenters. The largest absolute Gasteiger partial charge is 0.484 e. The predicted octanol–water partition coefficient (Wildman–Crippen LogP) is 3.39. The Morgan fingerprint density at radius 3 is 3.00 bits per heavy atom. The normalized spacial score (nSPS) is 15.8. The molecule has 1 saturated heterocycles. The Bertz CT molecular complexity index is 961. The summed E-state index contributed by atoms with van der Waals surface area (Å²) < 4.78 is 12.3. The lowest BCUT2D eigenvalue weighted by Gasteiger charge is -2.23. The maximum absolute atomic E-state index is 12.3. The summed E-state index contributed by atoms with van der Waals surface area (Å²) in [6, 6.07) is 6.11. The van der Waals surface area contributed by atoms with Crippen molar-refractivity contribution in [2.75, 3.05) is 19.6 Å². The van der Waals surface area contributed by atoms with E-state index in [1.807, 2.05) is 25.1 Å². The first-order valence-corrected chi connectivity index (χ1v) is 10.4. The number of ether oxygens (including phenoxy) is 1. The Hall–Kier alpha value is -2.45. The number of aromatic nitrogens is 2. The van der Waals surface area contributed by atoms with Gasteiger partial charge in [-0.05, 0) is 51.9 Å². The first-order chi connectivity index (χ1) is 13.6. The molecule has 3 aromatic rings. The van der Waals surface area contributed by atoms with Gasteiger partial charge in [-0.25, -0.2) is 9.97 Å². The van der Waals surface area contributed by atoms with Crippen LogP contribution in [0.3, 0.4) is 0 Å². The summed E-state index contributed by atoms with van der Waals surface area (Å²) in [7, 11) is 0. The van der Waals surface area contributed by atoms with Crippen LogP contribution >= 0.6 is 11.3 Å². The minimum Gasteiger partial charge on any atom is -0.484 e. The second-order valence-electron chi connectivity index (χ2n) is 7.08. The molecule has 7 nitrogen and oxygen atoms in total. The molecule has 2 aromatic heterocycles. The van der Waals surface area contributed by atoms with E-state index >= 15 is 0 Å². The van der Waals surface area contributed by atoms with E-state index in [4.69, 9.17) is 9.15 Å². The third kappa shape index (κ3) is 4.34. The molecule has 1 aromatic carbocycles. The molecule has 28 heavy (non-hydrogen) atoms. The number of aryl methyl sites for hydroxylation is 1. The molecule has 1 aliphatic heterocycles. The van der Waals surface area contributed by atoms with Crippen molar-refractivity contribution < 1.29 is 13.9 Å². The number of oxazole rings is 1. The van der Waals surface area contributed by atoms with Gasteiger partial charge >= 0.3 is 0 Å². The van der Waals surface area contributed by atoms with E-state index in [0.717, 1.165) is 28.3 Å². The monoisotopic (exact) mass is 400 g/mol. The zero-order valence-corrected chi connectivity index (χ0v) is 16.9. The molecule has 8 heteroatoms. The SMILES string of the molecule is Cc1nc2cc(OCc3nc(C(=O)NC[C@@H](C)N4CCCC4)co3)ccc2s1. The van der Waals surface area contributed by atoms with Gasteiger partial charge in [0, 0.05) is 18.7 Å². The van der Waals surface area contributed by atoms with Gasteiger partial charge < -0.3 is 14.5 Å². The van der Waals surface area contributed by atoms with E-state index in [-0.39, 0.29) is 18.2 Å². The molecule has 0 radical (unpaired) electrons. The Labute approximate surface area is 167 Å². The van der Waals surface area contributed by atoms with Gasteiger partial charge in [-0.2, -0.15) is 0 Å². The summed E-state index contributed by atoms with van der Waals surface area (Å²) in [6.07, 6.45) is 3.85. The van der Waals surface area contributed by atoms with Crippen molar-refractivity contribution >= 4 is 27.5 Å². The quantitative estimate of drug-likeness (QED) is 0.655. The Balaban J connectivity index is 1.29. The number of nitrogens with zero attached hydrogens (tertiary/aromatic N) is 3. The van der Waals surface area contributed by atoms with Crippen LogP contribution in [-0.4, -0.2) is 46.5 Å². The van der Waals surface area contributed by atoms with Crippen LogP contribution in [0.5, 0.6) is 5.75 Å². The number of rotatable bonds is 7. The van der Waals surface area contributed by atoms with Crippen molar-refractivity contribution in [2.45, 2.75) is 39.3 Å². The molecule has 1 aliphatic rings. The number of carbonyl (C=O) groups is 1.